The van der Waals surface area contributed by atoms with E-state index < -0.39 is 18.1 Å². The summed E-state index contributed by atoms with van der Waals surface area (Å²) in [7, 11) is -1.68. The van der Waals surface area contributed by atoms with Crippen LogP contribution in [0.4, 0.5) is 0 Å². The molecule has 2 rings (SSSR count). The summed E-state index contributed by atoms with van der Waals surface area (Å²) in [6, 6.07) is 2.62. The normalized spacial score (nSPS) is 29.8. The third kappa shape index (κ3) is 5.79. The minimum absolute atomic E-state index is 0.841. The van der Waals surface area contributed by atoms with Gasteiger partial charge in [0.25, 0.3) is 0 Å². The Labute approximate surface area is 103 Å². The van der Waals surface area contributed by atoms with E-state index >= 15 is 0 Å². The van der Waals surface area contributed by atoms with Crippen LogP contribution in [0.1, 0.15) is 25.7 Å². The molecule has 2 fully saturated rings. The molecule has 0 radical (unpaired) electrons. The molecule has 0 bridgehead atoms. The third-order valence-electron chi connectivity index (χ3n) is 2.96. The van der Waals surface area contributed by atoms with Gasteiger partial charge in [-0.1, -0.05) is 24.2 Å². The molecule has 0 aromatic heterocycles. The van der Waals surface area contributed by atoms with Crippen molar-refractivity contribution in [3.05, 3.63) is 24.6 Å². The van der Waals surface area contributed by atoms with Crippen LogP contribution < -0.4 is 0 Å². The Bertz CT molecular complexity index is 175. The number of hydrogen-bond donors (Lipinski definition) is 0. The summed E-state index contributed by atoms with van der Waals surface area (Å²) < 4.78 is 10.9. The monoisotopic (exact) mass is 256 g/mol. The van der Waals surface area contributed by atoms with Gasteiger partial charge in [0.2, 0.25) is 18.1 Å². The lowest BCUT2D eigenvalue weighted by molar-refractivity contribution is 0.294. The molecule has 92 valence electrons. The molecule has 2 aliphatic rings. The van der Waals surface area contributed by atoms with Crippen LogP contribution in [0.5, 0.6) is 0 Å². The van der Waals surface area contributed by atoms with E-state index in [0.717, 1.165) is 13.2 Å². The fraction of sp³-hybridized carbons (Fsp3) is 0.667. The molecular formula is C12H24O2Si2. The lowest BCUT2D eigenvalue weighted by atomic mass is 10.4. The van der Waals surface area contributed by atoms with E-state index in [2.05, 4.69) is 13.2 Å². The van der Waals surface area contributed by atoms with Crippen LogP contribution in [0.3, 0.4) is 0 Å². The topological polar surface area (TPSA) is 18.5 Å². The molecule has 2 atom stereocenters. The van der Waals surface area contributed by atoms with Crippen LogP contribution in [0.2, 0.25) is 12.1 Å². The fourth-order valence-electron chi connectivity index (χ4n) is 1.90. The summed E-state index contributed by atoms with van der Waals surface area (Å²) in [5.74, 6) is 0. The zero-order valence-electron chi connectivity index (χ0n) is 10.2. The number of rotatable bonds is 2. The van der Waals surface area contributed by atoms with Gasteiger partial charge in [-0.15, -0.1) is 13.2 Å². The van der Waals surface area contributed by atoms with Crippen molar-refractivity contribution < 1.29 is 8.85 Å². The van der Waals surface area contributed by atoms with Crippen molar-refractivity contribution in [2.75, 3.05) is 13.2 Å². The summed E-state index contributed by atoms with van der Waals surface area (Å²) in [6.07, 6.45) is 5.25. The standard InChI is InChI=1S/2C6H12OSi/c2*1-2-8-6-4-3-5-7-8/h2*2,8H,1,3-6H2. The molecule has 0 aromatic carbocycles. The molecule has 2 unspecified atom stereocenters. The first-order valence-electron chi connectivity index (χ1n) is 6.35. The molecule has 0 amide bonds. The van der Waals surface area contributed by atoms with Crippen LogP contribution in [0.15, 0.2) is 24.6 Å². The first-order valence-corrected chi connectivity index (χ1v) is 10.3. The van der Waals surface area contributed by atoms with Crippen molar-refractivity contribution in [1.82, 2.24) is 0 Å². The second-order valence-electron chi connectivity index (χ2n) is 4.28. The maximum absolute atomic E-state index is 5.45. The van der Waals surface area contributed by atoms with Crippen molar-refractivity contribution >= 4 is 18.1 Å². The van der Waals surface area contributed by atoms with Gasteiger partial charge in [0.1, 0.15) is 0 Å². The molecule has 0 aliphatic carbocycles. The predicted molar refractivity (Wildman–Crippen MR) is 74.7 cm³/mol. The molecule has 0 saturated carbocycles. The molecule has 2 saturated heterocycles. The summed E-state index contributed by atoms with van der Waals surface area (Å²) >= 11 is 0. The van der Waals surface area contributed by atoms with Gasteiger partial charge >= 0.3 is 0 Å². The van der Waals surface area contributed by atoms with Gasteiger partial charge in [0, 0.05) is 13.2 Å². The highest BCUT2D eigenvalue weighted by Crippen LogP contribution is 2.10. The van der Waals surface area contributed by atoms with Gasteiger partial charge in [0.05, 0.1) is 0 Å². The van der Waals surface area contributed by atoms with Gasteiger partial charge in [-0.25, -0.2) is 0 Å². The molecule has 2 nitrogen and oxygen atoms in total. The van der Waals surface area contributed by atoms with Crippen LogP contribution in [-0.2, 0) is 8.85 Å². The van der Waals surface area contributed by atoms with E-state index in [1.807, 2.05) is 11.4 Å². The van der Waals surface area contributed by atoms with E-state index in [4.69, 9.17) is 8.85 Å². The zero-order valence-corrected chi connectivity index (χ0v) is 12.5. The molecule has 4 heteroatoms. The van der Waals surface area contributed by atoms with E-state index in [0.29, 0.717) is 0 Å². The summed E-state index contributed by atoms with van der Waals surface area (Å²) in [4.78, 5) is 0. The predicted octanol–water partition coefficient (Wildman–Crippen LogP) is 2.49. The van der Waals surface area contributed by atoms with Crippen LogP contribution >= 0.6 is 0 Å². The van der Waals surface area contributed by atoms with Crippen LogP contribution in [0.25, 0.3) is 0 Å². The molecule has 2 aliphatic heterocycles. The van der Waals surface area contributed by atoms with E-state index in [1.165, 1.54) is 37.8 Å². The highest BCUT2D eigenvalue weighted by Gasteiger charge is 2.11. The first-order chi connectivity index (χ1) is 7.86. The van der Waals surface area contributed by atoms with E-state index in [1.54, 1.807) is 0 Å². The van der Waals surface area contributed by atoms with Crippen molar-refractivity contribution in [2.24, 2.45) is 0 Å². The highest BCUT2D eigenvalue weighted by molar-refractivity contribution is 6.57. The van der Waals surface area contributed by atoms with Crippen molar-refractivity contribution in [2.45, 2.75) is 37.8 Å². The quantitative estimate of drug-likeness (QED) is 0.707. The Morgan fingerprint density at radius 3 is 1.38 bits per heavy atom. The SMILES string of the molecule is C=C[SiH]1CCCCO1.C=C[SiH]1CCCCO1. The van der Waals surface area contributed by atoms with E-state index in [-0.39, 0.29) is 0 Å². The lowest BCUT2D eigenvalue weighted by Crippen LogP contribution is -2.20. The van der Waals surface area contributed by atoms with Crippen LogP contribution in [0, 0.1) is 0 Å². The van der Waals surface area contributed by atoms with Gasteiger partial charge < -0.3 is 8.85 Å². The Hall–Kier alpha value is -0.166. The lowest BCUT2D eigenvalue weighted by Gasteiger charge is -2.16. The van der Waals surface area contributed by atoms with Crippen molar-refractivity contribution in [1.29, 1.82) is 0 Å². The summed E-state index contributed by atoms with van der Waals surface area (Å²) in [6.45, 7) is 9.42. The smallest absolute Gasteiger partial charge is 0.200 e. The Kier molecular flexibility index (Phi) is 7.75. The van der Waals surface area contributed by atoms with Gasteiger partial charge in [-0.05, 0) is 24.9 Å². The maximum Gasteiger partial charge on any atom is 0.200 e. The van der Waals surface area contributed by atoms with Crippen molar-refractivity contribution in [3.63, 3.8) is 0 Å². The first kappa shape index (κ1) is 13.9. The number of hydrogen-bond acceptors (Lipinski definition) is 2. The molecule has 2 heterocycles. The second kappa shape index (κ2) is 8.93. The van der Waals surface area contributed by atoms with Gasteiger partial charge in [-0.3, -0.25) is 0 Å². The Morgan fingerprint density at radius 2 is 1.19 bits per heavy atom. The van der Waals surface area contributed by atoms with Crippen molar-refractivity contribution in [3.8, 4) is 0 Å². The Morgan fingerprint density at radius 1 is 0.750 bits per heavy atom. The van der Waals surface area contributed by atoms with Crippen LogP contribution in [-0.4, -0.2) is 31.3 Å². The average molecular weight is 256 g/mol. The van der Waals surface area contributed by atoms with E-state index in [9.17, 15) is 0 Å². The molecule has 0 aromatic rings. The highest BCUT2D eigenvalue weighted by atomic mass is 28.3. The fourth-order valence-corrected chi connectivity index (χ4v) is 5.30. The minimum atomic E-state index is -0.841. The Balaban J connectivity index is 0.000000160. The maximum atomic E-state index is 5.45. The average Bonchev–Trinajstić information content (AvgIpc) is 2.41. The summed E-state index contributed by atoms with van der Waals surface area (Å²) in [5.41, 5.74) is 4.05. The van der Waals surface area contributed by atoms with Gasteiger partial charge in [-0.2, -0.15) is 0 Å². The largest absolute Gasteiger partial charge is 0.416 e. The van der Waals surface area contributed by atoms with Gasteiger partial charge in [0.15, 0.2) is 0 Å². The second-order valence-corrected chi connectivity index (χ2v) is 9.20. The molecular weight excluding hydrogens is 232 g/mol. The minimum Gasteiger partial charge on any atom is -0.416 e. The summed E-state index contributed by atoms with van der Waals surface area (Å²) in [5, 5.41) is 0. The zero-order chi connectivity index (χ0) is 11.6. The molecule has 0 spiro atoms. The third-order valence-corrected chi connectivity index (χ3v) is 7.29. The molecule has 16 heavy (non-hydrogen) atoms. The molecule has 0 N–H and O–H groups in total.